The van der Waals surface area contributed by atoms with Gasteiger partial charge < -0.3 is 4.74 Å². The molecule has 1 fully saturated rings. The van der Waals surface area contributed by atoms with Gasteiger partial charge >= 0.3 is 6.18 Å². The van der Waals surface area contributed by atoms with Gasteiger partial charge in [-0.1, -0.05) is 53.5 Å². The molecule has 110 valence electrons. The highest BCUT2D eigenvalue weighted by molar-refractivity contribution is 6.36. The number of hydrogen-bond acceptors (Lipinski definition) is 1. The van der Waals surface area contributed by atoms with Crippen molar-refractivity contribution in [3.8, 4) is 11.1 Å². The molecule has 0 spiro atoms. The van der Waals surface area contributed by atoms with Crippen molar-refractivity contribution in [2.24, 2.45) is 0 Å². The molecule has 0 aromatic heterocycles. The summed E-state index contributed by atoms with van der Waals surface area (Å²) in [5.41, 5.74) is -0.609. The van der Waals surface area contributed by atoms with E-state index in [-0.39, 0.29) is 12.2 Å². The van der Waals surface area contributed by atoms with E-state index < -0.39 is 11.8 Å². The fourth-order valence-corrected chi connectivity index (χ4v) is 2.73. The highest BCUT2D eigenvalue weighted by Gasteiger charge is 2.67. The van der Waals surface area contributed by atoms with Gasteiger partial charge in [-0.3, -0.25) is 0 Å². The molecular weight excluding hydrogens is 324 g/mol. The van der Waals surface area contributed by atoms with E-state index in [4.69, 9.17) is 23.2 Å². The Kier molecular flexibility index (Phi) is 3.43. The predicted molar refractivity (Wildman–Crippen MR) is 75.6 cm³/mol. The first-order valence-corrected chi connectivity index (χ1v) is 6.86. The summed E-state index contributed by atoms with van der Waals surface area (Å²) >= 11 is 11.9. The Hall–Kier alpha value is -1.23. The van der Waals surface area contributed by atoms with Crippen LogP contribution in [0.25, 0.3) is 11.1 Å². The van der Waals surface area contributed by atoms with E-state index >= 15 is 0 Å². The first kappa shape index (κ1) is 14.7. The van der Waals surface area contributed by atoms with Gasteiger partial charge in [-0.05, 0) is 23.3 Å². The Labute approximate surface area is 129 Å². The van der Waals surface area contributed by atoms with Crippen molar-refractivity contribution in [3.63, 3.8) is 0 Å². The second-order valence-electron chi connectivity index (χ2n) is 4.81. The monoisotopic (exact) mass is 332 g/mol. The molecule has 1 unspecified atom stereocenters. The Morgan fingerprint density at radius 3 is 2.10 bits per heavy atom. The van der Waals surface area contributed by atoms with E-state index in [1.54, 1.807) is 30.3 Å². The van der Waals surface area contributed by atoms with Crippen LogP contribution in [0.5, 0.6) is 0 Å². The first-order chi connectivity index (χ1) is 9.83. The smallest absolute Gasteiger partial charge is 0.355 e. The standard InChI is InChI=1S/C15H9Cl2F3O/c16-11-5-6-12(13(17)7-11)9-1-3-10(4-2-9)14(8-21-14)15(18,19)20/h1-7H,8H2. The van der Waals surface area contributed by atoms with E-state index in [1.165, 1.54) is 12.1 Å². The van der Waals surface area contributed by atoms with Crippen molar-refractivity contribution in [2.75, 3.05) is 6.61 Å². The second kappa shape index (κ2) is 4.90. The summed E-state index contributed by atoms with van der Waals surface area (Å²) in [5.74, 6) is 0. The number of ether oxygens (including phenoxy) is 1. The minimum atomic E-state index is -4.41. The number of alkyl halides is 3. The van der Waals surface area contributed by atoms with Crippen LogP contribution in [0.2, 0.25) is 10.0 Å². The lowest BCUT2D eigenvalue weighted by atomic mass is 9.96. The van der Waals surface area contributed by atoms with Crippen LogP contribution >= 0.6 is 23.2 Å². The second-order valence-corrected chi connectivity index (χ2v) is 5.66. The maximum atomic E-state index is 13.0. The lowest BCUT2D eigenvalue weighted by molar-refractivity contribution is -0.187. The summed E-state index contributed by atoms with van der Waals surface area (Å²) in [6, 6.07) is 11.0. The molecule has 21 heavy (non-hydrogen) atoms. The number of rotatable bonds is 2. The molecule has 1 atom stereocenters. The predicted octanol–water partition coefficient (Wildman–Crippen LogP) is 5.45. The van der Waals surface area contributed by atoms with Crippen molar-refractivity contribution in [2.45, 2.75) is 11.8 Å². The van der Waals surface area contributed by atoms with Gasteiger partial charge in [0, 0.05) is 15.6 Å². The molecule has 1 aliphatic heterocycles. The van der Waals surface area contributed by atoms with E-state index in [1.807, 2.05) is 0 Å². The number of halogens is 5. The van der Waals surface area contributed by atoms with Gasteiger partial charge in [0.15, 0.2) is 0 Å². The van der Waals surface area contributed by atoms with Gasteiger partial charge in [0.1, 0.15) is 0 Å². The molecule has 1 heterocycles. The third-order valence-corrected chi connectivity index (χ3v) is 4.03. The van der Waals surface area contributed by atoms with Crippen LogP contribution in [-0.4, -0.2) is 12.8 Å². The normalized spacial score (nSPS) is 21.4. The largest absolute Gasteiger partial charge is 0.424 e. The Bertz CT molecular complexity index is 676. The summed E-state index contributed by atoms with van der Waals surface area (Å²) in [7, 11) is 0. The van der Waals surface area contributed by atoms with Gasteiger partial charge in [-0.2, -0.15) is 13.2 Å². The summed E-state index contributed by atoms with van der Waals surface area (Å²) in [6.45, 7) is -0.336. The maximum absolute atomic E-state index is 13.0. The van der Waals surface area contributed by atoms with E-state index in [2.05, 4.69) is 4.74 Å². The number of benzene rings is 2. The van der Waals surface area contributed by atoms with Crippen molar-refractivity contribution < 1.29 is 17.9 Å². The fourth-order valence-electron chi connectivity index (χ4n) is 2.21. The molecule has 0 radical (unpaired) electrons. The minimum absolute atomic E-state index is 0.101. The Balaban J connectivity index is 1.95. The molecular formula is C15H9Cl2F3O. The topological polar surface area (TPSA) is 12.5 Å². The third kappa shape index (κ3) is 2.52. The molecule has 2 aromatic carbocycles. The molecule has 1 saturated heterocycles. The Morgan fingerprint density at radius 2 is 1.62 bits per heavy atom. The molecule has 3 rings (SSSR count). The zero-order valence-corrected chi connectivity index (χ0v) is 12.1. The van der Waals surface area contributed by atoms with Crippen LogP contribution in [0, 0.1) is 0 Å². The van der Waals surface area contributed by atoms with Gasteiger partial charge in [-0.25, -0.2) is 0 Å². The zero-order chi connectivity index (χ0) is 15.3. The van der Waals surface area contributed by atoms with Crippen LogP contribution in [-0.2, 0) is 10.3 Å². The molecule has 0 bridgehead atoms. The quantitative estimate of drug-likeness (QED) is 0.666. The van der Waals surface area contributed by atoms with Gasteiger partial charge in [0.25, 0.3) is 0 Å². The highest BCUT2D eigenvalue weighted by atomic mass is 35.5. The van der Waals surface area contributed by atoms with Crippen molar-refractivity contribution in [1.29, 1.82) is 0 Å². The SMILES string of the molecule is FC(F)(F)C1(c2ccc(-c3ccc(Cl)cc3Cl)cc2)CO1. The van der Waals surface area contributed by atoms with Crippen LogP contribution in [0.4, 0.5) is 13.2 Å². The van der Waals surface area contributed by atoms with Crippen LogP contribution in [0.3, 0.4) is 0 Å². The lowest BCUT2D eigenvalue weighted by Gasteiger charge is -2.16. The van der Waals surface area contributed by atoms with E-state index in [9.17, 15) is 13.2 Å². The van der Waals surface area contributed by atoms with E-state index in [0.29, 0.717) is 15.6 Å². The molecule has 6 heteroatoms. The van der Waals surface area contributed by atoms with Crippen molar-refractivity contribution in [3.05, 3.63) is 58.1 Å². The molecule has 0 saturated carbocycles. The van der Waals surface area contributed by atoms with Crippen LogP contribution in [0.1, 0.15) is 5.56 Å². The van der Waals surface area contributed by atoms with Gasteiger partial charge in [0.2, 0.25) is 5.60 Å². The first-order valence-electron chi connectivity index (χ1n) is 6.10. The molecule has 1 aliphatic rings. The van der Waals surface area contributed by atoms with Gasteiger partial charge in [-0.15, -0.1) is 0 Å². The van der Waals surface area contributed by atoms with Crippen LogP contribution in [0.15, 0.2) is 42.5 Å². The van der Waals surface area contributed by atoms with Crippen molar-refractivity contribution in [1.82, 2.24) is 0 Å². The average Bonchev–Trinajstić information content (AvgIpc) is 3.20. The third-order valence-electron chi connectivity index (χ3n) is 3.48. The molecule has 1 nitrogen and oxygen atoms in total. The average molecular weight is 333 g/mol. The molecule has 0 N–H and O–H groups in total. The van der Waals surface area contributed by atoms with Crippen molar-refractivity contribution >= 4 is 23.2 Å². The van der Waals surface area contributed by atoms with Crippen LogP contribution < -0.4 is 0 Å². The molecule has 2 aromatic rings. The zero-order valence-electron chi connectivity index (χ0n) is 10.5. The summed E-state index contributed by atoms with van der Waals surface area (Å²) < 4.78 is 43.5. The highest BCUT2D eigenvalue weighted by Crippen LogP contribution is 2.51. The number of epoxide rings is 1. The van der Waals surface area contributed by atoms with E-state index in [0.717, 1.165) is 5.56 Å². The molecule has 0 amide bonds. The fraction of sp³-hybridized carbons (Fsp3) is 0.200. The molecule has 0 aliphatic carbocycles. The summed E-state index contributed by atoms with van der Waals surface area (Å²) in [5, 5.41) is 0.950. The Morgan fingerprint density at radius 1 is 1.00 bits per heavy atom. The minimum Gasteiger partial charge on any atom is -0.355 e. The summed E-state index contributed by atoms with van der Waals surface area (Å²) in [6.07, 6.45) is -4.41. The van der Waals surface area contributed by atoms with Gasteiger partial charge in [0.05, 0.1) is 6.61 Å². The maximum Gasteiger partial charge on any atom is 0.424 e. The lowest BCUT2D eigenvalue weighted by Crippen LogP contribution is -2.30. The summed E-state index contributed by atoms with van der Waals surface area (Å²) in [4.78, 5) is 0. The number of hydrogen-bond donors (Lipinski definition) is 0.